The summed E-state index contributed by atoms with van der Waals surface area (Å²) in [7, 11) is 0. The maximum absolute atomic E-state index is 12.2. The highest BCUT2D eigenvalue weighted by molar-refractivity contribution is 6.04. The van der Waals surface area contributed by atoms with E-state index in [4.69, 9.17) is 9.47 Å². The van der Waals surface area contributed by atoms with Gasteiger partial charge >= 0.3 is 0 Å². The van der Waals surface area contributed by atoms with E-state index < -0.39 is 0 Å². The number of amides is 1. The van der Waals surface area contributed by atoms with Gasteiger partial charge in [-0.25, -0.2) is 0 Å². The number of ether oxygens (including phenoxy) is 2. The Morgan fingerprint density at radius 1 is 1.05 bits per heavy atom. The lowest BCUT2D eigenvalue weighted by Crippen LogP contribution is -2.11. The lowest BCUT2D eigenvalue weighted by atomic mass is 10.2. The third kappa shape index (κ3) is 3.14. The van der Waals surface area contributed by atoms with Gasteiger partial charge in [0.2, 0.25) is 6.79 Å². The maximum Gasteiger partial charge on any atom is 0.255 e. The molecule has 0 spiro atoms. The summed E-state index contributed by atoms with van der Waals surface area (Å²) >= 11 is 0. The van der Waals surface area contributed by atoms with Crippen molar-refractivity contribution in [2.45, 2.75) is 13.3 Å². The molecule has 5 heteroatoms. The molecule has 1 amide bonds. The Labute approximate surface area is 129 Å². The summed E-state index contributed by atoms with van der Waals surface area (Å²) in [6.07, 6.45) is 1.07. The van der Waals surface area contributed by atoms with Gasteiger partial charge < -0.3 is 20.1 Å². The summed E-state index contributed by atoms with van der Waals surface area (Å²) in [6.45, 7) is 3.25. The van der Waals surface area contributed by atoms with E-state index >= 15 is 0 Å². The number of carbonyl (C=O) groups excluding carboxylic acids is 1. The number of rotatable bonds is 5. The van der Waals surface area contributed by atoms with Crippen LogP contribution in [-0.4, -0.2) is 19.2 Å². The summed E-state index contributed by atoms with van der Waals surface area (Å²) in [5.74, 6) is 1.10. The zero-order valence-electron chi connectivity index (χ0n) is 12.4. The minimum Gasteiger partial charge on any atom is -0.454 e. The molecule has 2 aromatic carbocycles. The highest BCUT2D eigenvalue weighted by atomic mass is 16.7. The van der Waals surface area contributed by atoms with Crippen LogP contribution in [0.5, 0.6) is 11.5 Å². The predicted molar refractivity (Wildman–Crippen MR) is 85.7 cm³/mol. The van der Waals surface area contributed by atoms with E-state index in [0.29, 0.717) is 17.1 Å². The monoisotopic (exact) mass is 298 g/mol. The van der Waals surface area contributed by atoms with Crippen LogP contribution in [0.1, 0.15) is 23.7 Å². The van der Waals surface area contributed by atoms with Crippen molar-refractivity contribution in [3.63, 3.8) is 0 Å². The number of hydrogen-bond donors (Lipinski definition) is 2. The Morgan fingerprint density at radius 3 is 2.55 bits per heavy atom. The average molecular weight is 298 g/mol. The Bertz CT molecular complexity index is 668. The molecule has 0 radical (unpaired) electrons. The number of anilines is 2. The molecule has 2 N–H and O–H groups in total. The first kappa shape index (κ1) is 14.3. The first-order chi connectivity index (χ1) is 10.8. The Balaban J connectivity index is 1.66. The van der Waals surface area contributed by atoms with Gasteiger partial charge in [-0.05, 0) is 48.9 Å². The number of fused-ring (bicyclic) bond motifs is 1. The van der Waals surface area contributed by atoms with Crippen LogP contribution < -0.4 is 20.1 Å². The van der Waals surface area contributed by atoms with E-state index in [-0.39, 0.29) is 12.7 Å². The van der Waals surface area contributed by atoms with Gasteiger partial charge in [0.05, 0.1) is 0 Å². The maximum atomic E-state index is 12.2. The second kappa shape index (κ2) is 6.39. The molecule has 0 aliphatic carbocycles. The largest absolute Gasteiger partial charge is 0.454 e. The molecule has 0 fully saturated rings. The molecule has 1 heterocycles. The fourth-order valence-corrected chi connectivity index (χ4v) is 2.18. The van der Waals surface area contributed by atoms with Crippen molar-refractivity contribution in [1.29, 1.82) is 0 Å². The molecule has 0 atom stereocenters. The fraction of sp³-hybridized carbons (Fsp3) is 0.235. The first-order valence-corrected chi connectivity index (χ1v) is 7.31. The van der Waals surface area contributed by atoms with Crippen molar-refractivity contribution in [3.05, 3.63) is 48.0 Å². The Hall–Kier alpha value is -2.69. The number of benzene rings is 2. The molecule has 0 aromatic heterocycles. The van der Waals surface area contributed by atoms with Gasteiger partial charge in [-0.2, -0.15) is 0 Å². The van der Waals surface area contributed by atoms with E-state index in [1.165, 1.54) is 0 Å². The van der Waals surface area contributed by atoms with Crippen LogP contribution in [0.15, 0.2) is 42.5 Å². The minimum atomic E-state index is -0.174. The molecule has 3 rings (SSSR count). The standard InChI is InChI=1S/C17H18N2O3/c1-2-9-18-13-4-6-14(7-5-13)19-17(20)12-3-8-15-16(10-12)22-11-21-15/h3-8,10,18H,2,9,11H2,1H3,(H,19,20). The fourth-order valence-electron chi connectivity index (χ4n) is 2.18. The summed E-state index contributed by atoms with van der Waals surface area (Å²) in [4.78, 5) is 12.2. The van der Waals surface area contributed by atoms with E-state index in [9.17, 15) is 4.79 Å². The topological polar surface area (TPSA) is 59.6 Å². The summed E-state index contributed by atoms with van der Waals surface area (Å²) in [5, 5.41) is 6.16. The van der Waals surface area contributed by atoms with E-state index in [0.717, 1.165) is 24.3 Å². The smallest absolute Gasteiger partial charge is 0.255 e. The molecule has 0 bridgehead atoms. The molecule has 1 aliphatic rings. The second-order valence-corrected chi connectivity index (χ2v) is 5.03. The Morgan fingerprint density at radius 2 is 1.77 bits per heavy atom. The summed E-state index contributed by atoms with van der Waals surface area (Å²) < 4.78 is 10.5. The van der Waals surface area contributed by atoms with Gasteiger partial charge in [0.25, 0.3) is 5.91 Å². The van der Waals surface area contributed by atoms with Gasteiger partial charge in [0, 0.05) is 23.5 Å². The van der Waals surface area contributed by atoms with Crippen LogP contribution in [0, 0.1) is 0 Å². The Kier molecular flexibility index (Phi) is 4.14. The zero-order chi connectivity index (χ0) is 15.4. The number of hydrogen-bond acceptors (Lipinski definition) is 4. The minimum absolute atomic E-state index is 0.174. The van der Waals surface area contributed by atoms with Crippen LogP contribution >= 0.6 is 0 Å². The van der Waals surface area contributed by atoms with Gasteiger partial charge in [-0.1, -0.05) is 6.92 Å². The van der Waals surface area contributed by atoms with Gasteiger partial charge in [0.1, 0.15) is 0 Å². The molecule has 2 aromatic rings. The summed E-state index contributed by atoms with van der Waals surface area (Å²) in [5.41, 5.74) is 2.34. The number of nitrogens with one attached hydrogen (secondary N) is 2. The SMILES string of the molecule is CCCNc1ccc(NC(=O)c2ccc3c(c2)OCO3)cc1. The third-order valence-electron chi connectivity index (χ3n) is 3.36. The van der Waals surface area contributed by atoms with Crippen LogP contribution in [0.25, 0.3) is 0 Å². The predicted octanol–water partition coefficient (Wildman–Crippen LogP) is 3.49. The van der Waals surface area contributed by atoms with Crippen LogP contribution in [-0.2, 0) is 0 Å². The van der Waals surface area contributed by atoms with Crippen LogP contribution in [0.4, 0.5) is 11.4 Å². The molecule has 0 unspecified atom stereocenters. The third-order valence-corrected chi connectivity index (χ3v) is 3.36. The normalized spacial score (nSPS) is 12.0. The lowest BCUT2D eigenvalue weighted by Gasteiger charge is -2.08. The van der Waals surface area contributed by atoms with Crippen molar-refractivity contribution in [3.8, 4) is 11.5 Å². The van der Waals surface area contributed by atoms with Crippen molar-refractivity contribution < 1.29 is 14.3 Å². The summed E-state index contributed by atoms with van der Waals surface area (Å²) in [6, 6.07) is 12.8. The lowest BCUT2D eigenvalue weighted by molar-refractivity contribution is 0.102. The van der Waals surface area contributed by atoms with E-state index in [1.54, 1.807) is 18.2 Å². The molecule has 5 nitrogen and oxygen atoms in total. The van der Waals surface area contributed by atoms with Crippen molar-refractivity contribution in [1.82, 2.24) is 0 Å². The molecule has 0 saturated carbocycles. The molecule has 22 heavy (non-hydrogen) atoms. The van der Waals surface area contributed by atoms with Gasteiger partial charge in [-0.3, -0.25) is 4.79 Å². The van der Waals surface area contributed by atoms with E-state index in [2.05, 4.69) is 17.6 Å². The van der Waals surface area contributed by atoms with Crippen LogP contribution in [0.2, 0.25) is 0 Å². The second-order valence-electron chi connectivity index (χ2n) is 5.03. The highest BCUT2D eigenvalue weighted by Gasteiger charge is 2.16. The quantitative estimate of drug-likeness (QED) is 0.887. The van der Waals surface area contributed by atoms with E-state index in [1.807, 2.05) is 24.3 Å². The highest BCUT2D eigenvalue weighted by Crippen LogP contribution is 2.32. The molecule has 0 saturated heterocycles. The average Bonchev–Trinajstić information content (AvgIpc) is 3.01. The van der Waals surface area contributed by atoms with Gasteiger partial charge in [-0.15, -0.1) is 0 Å². The van der Waals surface area contributed by atoms with Gasteiger partial charge in [0.15, 0.2) is 11.5 Å². The van der Waals surface area contributed by atoms with Crippen LogP contribution in [0.3, 0.4) is 0 Å². The van der Waals surface area contributed by atoms with Crippen molar-refractivity contribution in [2.24, 2.45) is 0 Å². The first-order valence-electron chi connectivity index (χ1n) is 7.31. The molecule has 1 aliphatic heterocycles. The molecule has 114 valence electrons. The van der Waals surface area contributed by atoms with Crippen molar-refractivity contribution >= 4 is 17.3 Å². The van der Waals surface area contributed by atoms with Crippen molar-refractivity contribution in [2.75, 3.05) is 24.0 Å². The zero-order valence-corrected chi connectivity index (χ0v) is 12.4. The number of carbonyl (C=O) groups is 1. The molecular formula is C17H18N2O3. The molecular weight excluding hydrogens is 280 g/mol.